The van der Waals surface area contributed by atoms with E-state index in [-0.39, 0.29) is 22.8 Å². The van der Waals surface area contributed by atoms with Gasteiger partial charge < -0.3 is 5.73 Å². The standard InChI is InChI=1S/C7H4BrFN2S.BrH/c8-3-1-2-4(9)6-5(3)11-7(10)12-6;/h1-2H,(H2,10,11);1H. The van der Waals surface area contributed by atoms with Gasteiger partial charge >= 0.3 is 0 Å². The van der Waals surface area contributed by atoms with Gasteiger partial charge in [0.25, 0.3) is 0 Å². The molecular weight excluding hydrogens is 323 g/mol. The van der Waals surface area contributed by atoms with Crippen molar-refractivity contribution in [3.63, 3.8) is 0 Å². The van der Waals surface area contributed by atoms with Crippen LogP contribution in [0.15, 0.2) is 16.6 Å². The van der Waals surface area contributed by atoms with Crippen molar-refractivity contribution >= 4 is 59.6 Å². The first-order valence-electron chi connectivity index (χ1n) is 3.18. The Labute approximate surface area is 96.9 Å². The number of nitrogens with two attached hydrogens (primary N) is 1. The summed E-state index contributed by atoms with van der Waals surface area (Å²) in [5.74, 6) is -0.276. The molecule has 13 heavy (non-hydrogen) atoms. The Morgan fingerprint density at radius 3 is 2.77 bits per heavy atom. The fourth-order valence-electron chi connectivity index (χ4n) is 0.961. The van der Waals surface area contributed by atoms with E-state index in [0.29, 0.717) is 15.3 Å². The van der Waals surface area contributed by atoms with Gasteiger partial charge in [-0.1, -0.05) is 11.3 Å². The van der Waals surface area contributed by atoms with E-state index in [1.165, 1.54) is 6.07 Å². The van der Waals surface area contributed by atoms with E-state index in [1.54, 1.807) is 6.07 Å². The molecule has 0 fully saturated rings. The maximum Gasteiger partial charge on any atom is 0.181 e. The third kappa shape index (κ3) is 1.84. The van der Waals surface area contributed by atoms with Gasteiger partial charge in [0.2, 0.25) is 0 Å². The summed E-state index contributed by atoms with van der Waals surface area (Å²) < 4.78 is 14.3. The topological polar surface area (TPSA) is 38.9 Å². The van der Waals surface area contributed by atoms with E-state index in [0.717, 1.165) is 15.8 Å². The Bertz CT molecular complexity index is 404. The summed E-state index contributed by atoms with van der Waals surface area (Å²) in [6.07, 6.45) is 0. The minimum atomic E-state index is -0.276. The van der Waals surface area contributed by atoms with Crippen LogP contribution in [-0.2, 0) is 0 Å². The Kier molecular flexibility index (Phi) is 3.26. The lowest BCUT2D eigenvalue weighted by atomic mass is 10.3. The van der Waals surface area contributed by atoms with Crippen molar-refractivity contribution in [3.05, 3.63) is 22.4 Å². The van der Waals surface area contributed by atoms with Gasteiger partial charge in [0.05, 0.1) is 4.70 Å². The molecule has 2 rings (SSSR count). The number of benzene rings is 1. The predicted molar refractivity (Wildman–Crippen MR) is 62.0 cm³/mol. The number of fused-ring (bicyclic) bond motifs is 1. The highest BCUT2D eigenvalue weighted by atomic mass is 79.9. The Morgan fingerprint density at radius 2 is 2.15 bits per heavy atom. The molecule has 2 N–H and O–H groups in total. The van der Waals surface area contributed by atoms with Crippen LogP contribution in [0.3, 0.4) is 0 Å². The second-order valence-electron chi connectivity index (χ2n) is 2.26. The molecule has 0 atom stereocenters. The largest absolute Gasteiger partial charge is 0.375 e. The molecule has 0 bridgehead atoms. The molecule has 0 unspecified atom stereocenters. The van der Waals surface area contributed by atoms with E-state index >= 15 is 0 Å². The van der Waals surface area contributed by atoms with Gasteiger partial charge in [0.1, 0.15) is 11.3 Å². The smallest absolute Gasteiger partial charge is 0.181 e. The van der Waals surface area contributed by atoms with Crippen LogP contribution in [0.5, 0.6) is 0 Å². The number of anilines is 1. The Balaban J connectivity index is 0.000000845. The Hall–Kier alpha value is -0.200. The molecule has 1 heterocycles. The summed E-state index contributed by atoms with van der Waals surface area (Å²) in [5, 5.41) is 0.385. The van der Waals surface area contributed by atoms with Gasteiger partial charge in [0, 0.05) is 4.47 Å². The second kappa shape index (κ2) is 3.89. The number of rotatable bonds is 0. The van der Waals surface area contributed by atoms with Crippen molar-refractivity contribution in [2.45, 2.75) is 0 Å². The molecule has 0 spiro atoms. The minimum Gasteiger partial charge on any atom is -0.375 e. The molecule has 2 aromatic rings. The van der Waals surface area contributed by atoms with Crippen LogP contribution >= 0.6 is 44.2 Å². The monoisotopic (exact) mass is 326 g/mol. The third-order valence-corrected chi connectivity index (χ3v) is 3.00. The highest BCUT2D eigenvalue weighted by Gasteiger charge is 2.08. The van der Waals surface area contributed by atoms with Crippen molar-refractivity contribution < 1.29 is 4.39 Å². The maximum atomic E-state index is 13.1. The van der Waals surface area contributed by atoms with Gasteiger partial charge in [-0.15, -0.1) is 17.0 Å². The summed E-state index contributed by atoms with van der Waals surface area (Å²) in [7, 11) is 0. The number of hydrogen-bond donors (Lipinski definition) is 1. The lowest BCUT2D eigenvalue weighted by molar-refractivity contribution is 0.641. The number of hydrogen-bond acceptors (Lipinski definition) is 3. The van der Waals surface area contributed by atoms with Crippen LogP contribution in [-0.4, -0.2) is 4.98 Å². The average molecular weight is 328 g/mol. The summed E-state index contributed by atoms with van der Waals surface area (Å²) in [4.78, 5) is 3.98. The molecule has 0 aliphatic rings. The Morgan fingerprint density at radius 1 is 1.46 bits per heavy atom. The summed E-state index contributed by atoms with van der Waals surface area (Å²) in [6, 6.07) is 3.01. The summed E-state index contributed by atoms with van der Waals surface area (Å²) >= 11 is 4.42. The molecule has 0 aliphatic heterocycles. The molecule has 0 amide bonds. The lowest BCUT2D eigenvalue weighted by Crippen LogP contribution is -1.80. The molecular formula is C7H5Br2FN2S. The highest BCUT2D eigenvalue weighted by Crippen LogP contribution is 2.31. The lowest BCUT2D eigenvalue weighted by Gasteiger charge is -1.91. The van der Waals surface area contributed by atoms with Crippen LogP contribution in [0, 0.1) is 5.82 Å². The van der Waals surface area contributed by atoms with Gasteiger partial charge in [-0.2, -0.15) is 0 Å². The van der Waals surface area contributed by atoms with Crippen molar-refractivity contribution in [2.24, 2.45) is 0 Å². The zero-order chi connectivity index (χ0) is 8.72. The molecule has 1 aromatic heterocycles. The van der Waals surface area contributed by atoms with E-state index in [2.05, 4.69) is 20.9 Å². The van der Waals surface area contributed by atoms with Gasteiger partial charge in [-0.05, 0) is 28.1 Å². The number of nitrogen functional groups attached to an aromatic ring is 1. The fourth-order valence-corrected chi connectivity index (χ4v) is 2.28. The molecule has 0 saturated carbocycles. The maximum absolute atomic E-state index is 13.1. The van der Waals surface area contributed by atoms with E-state index in [1.807, 2.05) is 0 Å². The zero-order valence-electron chi connectivity index (χ0n) is 6.25. The number of aromatic nitrogens is 1. The highest BCUT2D eigenvalue weighted by molar-refractivity contribution is 9.10. The van der Waals surface area contributed by atoms with Crippen LogP contribution in [0.4, 0.5) is 9.52 Å². The van der Waals surface area contributed by atoms with Gasteiger partial charge in [-0.25, -0.2) is 9.37 Å². The zero-order valence-corrected chi connectivity index (χ0v) is 10.4. The summed E-state index contributed by atoms with van der Waals surface area (Å²) in [5.41, 5.74) is 6.04. The normalized spacial score (nSPS) is 10.0. The first-order chi connectivity index (χ1) is 5.68. The molecule has 2 nitrogen and oxygen atoms in total. The van der Waals surface area contributed by atoms with Gasteiger partial charge in [-0.3, -0.25) is 0 Å². The number of thiazole rings is 1. The molecule has 0 radical (unpaired) electrons. The SMILES string of the molecule is Br.Nc1nc2c(Br)ccc(F)c2s1. The van der Waals surface area contributed by atoms with Crippen molar-refractivity contribution in [1.82, 2.24) is 4.98 Å². The van der Waals surface area contributed by atoms with E-state index in [4.69, 9.17) is 5.73 Å². The fraction of sp³-hybridized carbons (Fsp3) is 0. The van der Waals surface area contributed by atoms with Crippen LogP contribution in [0.2, 0.25) is 0 Å². The van der Waals surface area contributed by atoms with Crippen molar-refractivity contribution in [1.29, 1.82) is 0 Å². The molecule has 0 aliphatic carbocycles. The summed E-state index contributed by atoms with van der Waals surface area (Å²) in [6.45, 7) is 0. The van der Waals surface area contributed by atoms with Crippen LogP contribution in [0.25, 0.3) is 10.2 Å². The number of halogens is 3. The quantitative estimate of drug-likeness (QED) is 0.805. The van der Waals surface area contributed by atoms with Crippen molar-refractivity contribution in [3.8, 4) is 0 Å². The van der Waals surface area contributed by atoms with E-state index < -0.39 is 0 Å². The molecule has 1 aromatic carbocycles. The molecule has 70 valence electrons. The molecule has 6 heteroatoms. The third-order valence-electron chi connectivity index (χ3n) is 1.46. The molecule has 0 saturated heterocycles. The minimum absolute atomic E-state index is 0. The van der Waals surface area contributed by atoms with Crippen LogP contribution < -0.4 is 5.73 Å². The first kappa shape index (κ1) is 10.9. The van der Waals surface area contributed by atoms with Crippen LogP contribution in [0.1, 0.15) is 0 Å². The predicted octanol–water partition coefficient (Wildman–Crippen LogP) is 3.36. The first-order valence-corrected chi connectivity index (χ1v) is 4.79. The van der Waals surface area contributed by atoms with Crippen molar-refractivity contribution in [2.75, 3.05) is 5.73 Å². The average Bonchev–Trinajstić information content (AvgIpc) is 2.41. The second-order valence-corrected chi connectivity index (χ2v) is 4.14. The van der Waals surface area contributed by atoms with Gasteiger partial charge in [0.15, 0.2) is 5.13 Å². The number of nitrogens with zero attached hydrogens (tertiary/aromatic N) is 1. The van der Waals surface area contributed by atoms with E-state index in [9.17, 15) is 4.39 Å².